The first kappa shape index (κ1) is 18.4. The number of fused-ring (bicyclic) bond motifs is 2. The summed E-state index contributed by atoms with van der Waals surface area (Å²) in [5.74, 6) is 0. The third-order valence-corrected chi connectivity index (χ3v) is 6.71. The van der Waals surface area contributed by atoms with Crippen LogP contribution in [0.1, 0.15) is 46.2 Å². The number of likely N-dealkylation sites (N-methyl/N-ethyl adjacent to an activating group) is 1. The topological polar surface area (TPSA) is 64.1 Å². The van der Waals surface area contributed by atoms with E-state index in [0.717, 1.165) is 11.2 Å². The molecule has 26 heavy (non-hydrogen) atoms. The minimum absolute atomic E-state index is 0.233. The van der Waals surface area contributed by atoms with E-state index in [1.807, 2.05) is 39.8 Å². The van der Waals surface area contributed by atoms with Gasteiger partial charge in [0.1, 0.15) is 5.60 Å². The lowest BCUT2D eigenvalue weighted by Gasteiger charge is -2.49. The number of aromatic nitrogens is 1. The number of morpholine rings is 1. The van der Waals surface area contributed by atoms with Crippen molar-refractivity contribution in [3.05, 3.63) is 24.0 Å². The number of nitrogens with zero attached hydrogens (tertiary/aromatic N) is 2. The van der Waals surface area contributed by atoms with E-state index in [1.54, 1.807) is 6.20 Å². The fourth-order valence-electron chi connectivity index (χ4n) is 4.15. The molecule has 0 aliphatic carbocycles. The molecule has 0 saturated carbocycles. The number of hydrogen-bond donors (Lipinski definition) is 1. The van der Waals surface area contributed by atoms with Gasteiger partial charge in [0.2, 0.25) is 0 Å². The molecule has 2 bridgehead atoms. The smallest absolute Gasteiger partial charge is 0.399 e. The quantitative estimate of drug-likeness (QED) is 0.796. The number of rotatable bonds is 2. The summed E-state index contributed by atoms with van der Waals surface area (Å²) in [4.78, 5) is 6.93. The van der Waals surface area contributed by atoms with Crippen molar-refractivity contribution in [3.63, 3.8) is 0 Å². The molecule has 6 nitrogen and oxygen atoms in total. The average Bonchev–Trinajstić information content (AvgIpc) is 2.77. The van der Waals surface area contributed by atoms with Crippen LogP contribution in [0.25, 0.3) is 0 Å². The van der Waals surface area contributed by atoms with Crippen LogP contribution in [0.3, 0.4) is 0 Å². The van der Waals surface area contributed by atoms with Gasteiger partial charge < -0.3 is 19.2 Å². The van der Waals surface area contributed by atoms with Gasteiger partial charge in [0, 0.05) is 23.7 Å². The molecule has 3 aliphatic heterocycles. The van der Waals surface area contributed by atoms with E-state index in [9.17, 15) is 5.11 Å². The first-order valence-corrected chi connectivity index (χ1v) is 9.45. The summed E-state index contributed by atoms with van der Waals surface area (Å²) in [6.45, 7) is 9.49. The Labute approximate surface area is 156 Å². The van der Waals surface area contributed by atoms with Gasteiger partial charge in [-0.1, -0.05) is 6.07 Å². The highest BCUT2D eigenvalue weighted by molar-refractivity contribution is 6.62. The molecule has 0 amide bonds. The summed E-state index contributed by atoms with van der Waals surface area (Å²) in [5, 5.41) is 11.3. The Bertz CT molecular complexity index is 649. The largest absolute Gasteiger partial charge is 0.496 e. The summed E-state index contributed by atoms with van der Waals surface area (Å²) in [6.07, 6.45) is 3.06. The molecule has 0 spiro atoms. The Balaban J connectivity index is 1.53. The predicted octanol–water partition coefficient (Wildman–Crippen LogP) is 1.06. The zero-order valence-electron chi connectivity index (χ0n) is 16.4. The molecular formula is C19H29BN2O4. The Hall–Kier alpha value is -0.985. The summed E-state index contributed by atoms with van der Waals surface area (Å²) in [5.41, 5.74) is -0.0461. The molecule has 142 valence electrons. The summed E-state index contributed by atoms with van der Waals surface area (Å²) < 4.78 is 17.8. The molecule has 4 heterocycles. The number of hydrogen-bond acceptors (Lipinski definition) is 6. The first-order valence-electron chi connectivity index (χ1n) is 9.45. The second kappa shape index (κ2) is 6.01. The van der Waals surface area contributed by atoms with Crippen molar-refractivity contribution >= 4 is 12.6 Å². The van der Waals surface area contributed by atoms with Gasteiger partial charge in [0.25, 0.3) is 0 Å². The molecule has 2 unspecified atom stereocenters. The van der Waals surface area contributed by atoms with Crippen molar-refractivity contribution in [1.29, 1.82) is 0 Å². The van der Waals surface area contributed by atoms with E-state index in [2.05, 4.69) is 16.9 Å². The molecule has 1 aromatic rings. The maximum absolute atomic E-state index is 11.3. The minimum atomic E-state index is -0.903. The third kappa shape index (κ3) is 2.90. The minimum Gasteiger partial charge on any atom is -0.399 e. The SMILES string of the molecule is CN1C2COCC1CC(O)(c1ccc(B3OC(C)(C)C(C)(C)O3)cn1)C2. The van der Waals surface area contributed by atoms with Crippen LogP contribution in [0.2, 0.25) is 0 Å². The van der Waals surface area contributed by atoms with Crippen molar-refractivity contribution in [2.75, 3.05) is 20.3 Å². The second-order valence-electron chi connectivity index (χ2n) is 9.02. The molecule has 3 saturated heterocycles. The molecule has 7 heteroatoms. The predicted molar refractivity (Wildman–Crippen MR) is 99.2 cm³/mol. The molecule has 0 radical (unpaired) electrons. The number of piperidine rings is 1. The molecule has 2 atom stereocenters. The summed E-state index contributed by atoms with van der Waals surface area (Å²) in [7, 11) is 1.69. The zero-order chi connectivity index (χ0) is 18.7. The van der Waals surface area contributed by atoms with E-state index in [0.29, 0.717) is 26.1 Å². The standard InChI is InChI=1S/C19H29BN2O4/c1-17(2)18(3,4)26-20(25-17)13-6-7-16(21-10-13)19(23)8-14-11-24-12-15(9-19)22(14)5/h6-7,10,14-15,23H,8-9,11-12H2,1-5H3. The van der Waals surface area contributed by atoms with Gasteiger partial charge in [-0.05, 0) is 53.7 Å². The lowest BCUT2D eigenvalue weighted by atomic mass is 9.77. The highest BCUT2D eigenvalue weighted by Gasteiger charge is 2.52. The van der Waals surface area contributed by atoms with Crippen molar-refractivity contribution in [3.8, 4) is 0 Å². The Morgan fingerprint density at radius 2 is 1.65 bits per heavy atom. The van der Waals surface area contributed by atoms with Crippen LogP contribution in [0, 0.1) is 0 Å². The van der Waals surface area contributed by atoms with Gasteiger partial charge in [0.15, 0.2) is 0 Å². The van der Waals surface area contributed by atoms with E-state index >= 15 is 0 Å². The van der Waals surface area contributed by atoms with E-state index < -0.39 is 12.7 Å². The highest BCUT2D eigenvalue weighted by Crippen LogP contribution is 2.40. The fraction of sp³-hybridized carbons (Fsp3) is 0.737. The van der Waals surface area contributed by atoms with Crippen molar-refractivity contribution in [2.45, 2.75) is 69.4 Å². The van der Waals surface area contributed by atoms with Crippen LogP contribution in [0.4, 0.5) is 0 Å². The van der Waals surface area contributed by atoms with Gasteiger partial charge in [-0.15, -0.1) is 0 Å². The maximum Gasteiger partial charge on any atom is 0.496 e. The van der Waals surface area contributed by atoms with Gasteiger partial charge in [-0.25, -0.2) is 0 Å². The van der Waals surface area contributed by atoms with Crippen LogP contribution in [0.5, 0.6) is 0 Å². The second-order valence-corrected chi connectivity index (χ2v) is 9.02. The molecule has 4 rings (SSSR count). The van der Waals surface area contributed by atoms with Gasteiger partial charge in [-0.3, -0.25) is 9.88 Å². The fourth-order valence-corrected chi connectivity index (χ4v) is 4.15. The van der Waals surface area contributed by atoms with Gasteiger partial charge >= 0.3 is 7.12 Å². The lowest BCUT2D eigenvalue weighted by Crippen LogP contribution is -2.59. The van der Waals surface area contributed by atoms with Crippen LogP contribution in [-0.4, -0.2) is 65.7 Å². The van der Waals surface area contributed by atoms with E-state index in [-0.39, 0.29) is 23.3 Å². The Morgan fingerprint density at radius 3 is 2.15 bits per heavy atom. The lowest BCUT2D eigenvalue weighted by molar-refractivity contribution is -0.139. The number of ether oxygens (including phenoxy) is 1. The van der Waals surface area contributed by atoms with E-state index in [1.165, 1.54) is 0 Å². The molecular weight excluding hydrogens is 331 g/mol. The third-order valence-electron chi connectivity index (χ3n) is 6.71. The molecule has 3 aliphatic rings. The summed E-state index contributed by atoms with van der Waals surface area (Å²) >= 11 is 0. The molecule has 3 fully saturated rings. The van der Waals surface area contributed by atoms with Crippen LogP contribution < -0.4 is 5.46 Å². The molecule has 0 aromatic carbocycles. The monoisotopic (exact) mass is 360 g/mol. The van der Waals surface area contributed by atoms with Gasteiger partial charge in [0.05, 0.1) is 30.1 Å². The highest BCUT2D eigenvalue weighted by atomic mass is 16.7. The Kier molecular flexibility index (Phi) is 4.25. The average molecular weight is 360 g/mol. The zero-order valence-corrected chi connectivity index (χ0v) is 16.4. The van der Waals surface area contributed by atoms with Crippen LogP contribution in [0.15, 0.2) is 18.3 Å². The van der Waals surface area contributed by atoms with E-state index in [4.69, 9.17) is 14.0 Å². The first-order chi connectivity index (χ1) is 12.1. The molecule has 1 N–H and O–H groups in total. The van der Waals surface area contributed by atoms with Crippen molar-refractivity contribution in [2.24, 2.45) is 0 Å². The van der Waals surface area contributed by atoms with Crippen molar-refractivity contribution < 1.29 is 19.2 Å². The number of aliphatic hydroxyl groups is 1. The molecule has 1 aromatic heterocycles. The summed E-state index contributed by atoms with van der Waals surface area (Å²) in [6, 6.07) is 4.35. The maximum atomic E-state index is 11.3. The van der Waals surface area contributed by atoms with Gasteiger partial charge in [-0.2, -0.15) is 0 Å². The van der Waals surface area contributed by atoms with Crippen LogP contribution >= 0.6 is 0 Å². The van der Waals surface area contributed by atoms with Crippen LogP contribution in [-0.2, 0) is 19.6 Å². The Morgan fingerprint density at radius 1 is 1.08 bits per heavy atom. The number of pyridine rings is 1. The van der Waals surface area contributed by atoms with Crippen molar-refractivity contribution in [1.82, 2.24) is 9.88 Å². The normalized spacial score (nSPS) is 36.3.